The quantitative estimate of drug-likeness (QED) is 0.766. The van der Waals surface area contributed by atoms with Gasteiger partial charge in [-0.1, -0.05) is 35.1 Å². The molecule has 1 aromatic carbocycles. The molecule has 8 heteroatoms. The van der Waals surface area contributed by atoms with Crippen LogP contribution in [0.5, 0.6) is 0 Å². The summed E-state index contributed by atoms with van der Waals surface area (Å²) in [6.07, 6.45) is 10.8. The van der Waals surface area contributed by atoms with Crippen LogP contribution in [0.15, 0.2) is 36.9 Å². The second-order valence-electron chi connectivity index (χ2n) is 5.12. The second kappa shape index (κ2) is 6.93. The molecule has 123 valence electrons. The lowest BCUT2D eigenvalue weighted by Crippen LogP contribution is -2.12. The number of halogens is 1. The van der Waals surface area contributed by atoms with Crippen molar-refractivity contribution in [3.8, 4) is 5.00 Å². The largest absolute Gasteiger partial charge is 0.298 e. The van der Waals surface area contributed by atoms with Crippen molar-refractivity contribution < 1.29 is 4.79 Å². The first-order valence-electron chi connectivity index (χ1n) is 7.36. The Morgan fingerprint density at radius 1 is 1.20 bits per heavy atom. The summed E-state index contributed by atoms with van der Waals surface area (Å²) in [5, 5.41) is 8.60. The molecular formula is C17H11ClN5OS. The molecule has 1 aliphatic rings. The fraction of sp³-hybridized carbons (Fsp3) is 0. The number of nitrogens with zero attached hydrogens (tertiary/aromatic N) is 4. The second-order valence-corrected chi connectivity index (χ2v) is 6.51. The zero-order valence-corrected chi connectivity index (χ0v) is 14.3. The molecule has 1 aliphatic carbocycles. The van der Waals surface area contributed by atoms with E-state index in [1.165, 1.54) is 17.7 Å². The van der Waals surface area contributed by atoms with Crippen LogP contribution in [0, 0.1) is 31.6 Å². The van der Waals surface area contributed by atoms with Gasteiger partial charge in [0.25, 0.3) is 5.91 Å². The van der Waals surface area contributed by atoms with Gasteiger partial charge in [-0.05, 0) is 37.8 Å². The van der Waals surface area contributed by atoms with Gasteiger partial charge in [0, 0.05) is 5.92 Å². The van der Waals surface area contributed by atoms with E-state index < -0.39 is 0 Å². The average molecular weight is 369 g/mol. The number of carbonyl (C=O) groups excluding carboxylic acids is 1. The third-order valence-corrected chi connectivity index (χ3v) is 4.80. The zero-order chi connectivity index (χ0) is 17.2. The summed E-state index contributed by atoms with van der Waals surface area (Å²) < 4.78 is 1.63. The Labute approximate surface area is 153 Å². The molecule has 25 heavy (non-hydrogen) atoms. The molecule has 2 heterocycles. The molecule has 0 atom stereocenters. The highest BCUT2D eigenvalue weighted by Crippen LogP contribution is 2.37. The van der Waals surface area contributed by atoms with E-state index in [0.29, 0.717) is 15.7 Å². The Kier molecular flexibility index (Phi) is 4.50. The van der Waals surface area contributed by atoms with E-state index in [-0.39, 0.29) is 5.91 Å². The van der Waals surface area contributed by atoms with Crippen molar-refractivity contribution in [3.63, 3.8) is 0 Å². The SMILES string of the molecule is O=C(Nc1nc([C]2[CH][CH][CH][CH]2)c(-n2cncn2)s1)c1ccccc1Cl. The van der Waals surface area contributed by atoms with E-state index in [1.807, 2.05) is 25.7 Å². The number of aromatic nitrogens is 4. The lowest BCUT2D eigenvalue weighted by molar-refractivity contribution is 0.102. The highest BCUT2D eigenvalue weighted by molar-refractivity contribution is 7.18. The fourth-order valence-electron chi connectivity index (χ4n) is 2.36. The standard InChI is InChI=1S/C17H11ClN5OS/c18-13-8-4-3-7-12(13)15(24)22-17-21-14(11-5-1-2-6-11)16(25-17)23-10-19-9-20-23/h1-10H,(H,21,22,24). The molecule has 6 nitrogen and oxygen atoms in total. The van der Waals surface area contributed by atoms with Crippen molar-refractivity contribution in [2.45, 2.75) is 0 Å². The minimum atomic E-state index is -0.307. The van der Waals surface area contributed by atoms with Crippen LogP contribution >= 0.6 is 22.9 Å². The van der Waals surface area contributed by atoms with Crippen molar-refractivity contribution in [3.05, 3.63) is 84.8 Å². The Hall–Kier alpha value is -2.25. The van der Waals surface area contributed by atoms with Gasteiger partial charge in [0.15, 0.2) is 5.13 Å². The van der Waals surface area contributed by atoms with Crippen LogP contribution in [-0.4, -0.2) is 25.7 Å². The van der Waals surface area contributed by atoms with Crippen LogP contribution in [0.1, 0.15) is 16.1 Å². The van der Waals surface area contributed by atoms with Gasteiger partial charge in [-0.15, -0.1) is 0 Å². The maximum atomic E-state index is 12.5. The Morgan fingerprint density at radius 2 is 2.00 bits per heavy atom. The molecule has 0 unspecified atom stereocenters. The molecule has 0 spiro atoms. The molecule has 0 saturated heterocycles. The number of benzene rings is 1. The molecular weight excluding hydrogens is 358 g/mol. The predicted molar refractivity (Wildman–Crippen MR) is 96.0 cm³/mol. The number of hydrogen-bond donors (Lipinski definition) is 1. The van der Waals surface area contributed by atoms with Crippen LogP contribution in [0.25, 0.3) is 5.00 Å². The molecule has 1 fully saturated rings. The van der Waals surface area contributed by atoms with Crippen LogP contribution in [0.3, 0.4) is 0 Å². The number of anilines is 1. The monoisotopic (exact) mass is 368 g/mol. The lowest BCUT2D eigenvalue weighted by Gasteiger charge is -2.06. The van der Waals surface area contributed by atoms with Crippen LogP contribution < -0.4 is 5.32 Å². The van der Waals surface area contributed by atoms with Crippen molar-refractivity contribution in [1.82, 2.24) is 19.7 Å². The zero-order valence-electron chi connectivity index (χ0n) is 12.8. The number of carbonyl (C=O) groups is 1. The van der Waals surface area contributed by atoms with Gasteiger partial charge in [-0.2, -0.15) is 5.10 Å². The van der Waals surface area contributed by atoms with Crippen LogP contribution in [-0.2, 0) is 0 Å². The predicted octanol–water partition coefficient (Wildman–Crippen LogP) is 3.38. The number of rotatable bonds is 4. The molecule has 0 bridgehead atoms. The molecule has 0 aliphatic heterocycles. The maximum absolute atomic E-state index is 12.5. The molecule has 2 aromatic heterocycles. The molecule has 3 aromatic rings. The summed E-state index contributed by atoms with van der Waals surface area (Å²) in [5.74, 6) is 0.638. The van der Waals surface area contributed by atoms with E-state index in [1.54, 1.807) is 35.3 Å². The van der Waals surface area contributed by atoms with Crippen molar-refractivity contribution >= 4 is 34.0 Å². The van der Waals surface area contributed by atoms with E-state index in [4.69, 9.17) is 11.6 Å². The average Bonchev–Trinajstić information content (AvgIpc) is 3.36. The summed E-state index contributed by atoms with van der Waals surface area (Å²) in [5.41, 5.74) is 1.13. The summed E-state index contributed by atoms with van der Waals surface area (Å²) in [7, 11) is 0. The van der Waals surface area contributed by atoms with Crippen molar-refractivity contribution in [1.29, 1.82) is 0 Å². The van der Waals surface area contributed by atoms with E-state index in [2.05, 4.69) is 20.4 Å². The highest BCUT2D eigenvalue weighted by atomic mass is 35.5. The number of nitrogens with one attached hydrogen (secondary N) is 1. The van der Waals surface area contributed by atoms with Gasteiger partial charge in [-0.25, -0.2) is 14.6 Å². The summed E-state index contributed by atoms with van der Waals surface area (Å²) in [6.45, 7) is 0. The summed E-state index contributed by atoms with van der Waals surface area (Å²) >= 11 is 7.40. The maximum Gasteiger partial charge on any atom is 0.258 e. The number of hydrogen-bond acceptors (Lipinski definition) is 5. The Bertz CT molecular complexity index is 886. The molecule has 1 saturated carbocycles. The Balaban J connectivity index is 1.65. The first kappa shape index (κ1) is 16.2. The van der Waals surface area contributed by atoms with Crippen molar-refractivity contribution in [2.75, 3.05) is 5.32 Å². The Morgan fingerprint density at radius 3 is 2.72 bits per heavy atom. The van der Waals surface area contributed by atoms with E-state index >= 15 is 0 Å². The minimum absolute atomic E-state index is 0.307. The van der Waals surface area contributed by atoms with E-state index in [0.717, 1.165) is 16.6 Å². The van der Waals surface area contributed by atoms with Gasteiger partial charge < -0.3 is 0 Å². The van der Waals surface area contributed by atoms with Crippen LogP contribution in [0.4, 0.5) is 5.13 Å². The minimum Gasteiger partial charge on any atom is -0.298 e. The lowest BCUT2D eigenvalue weighted by atomic mass is 10.1. The molecule has 4 rings (SSSR count). The first-order chi connectivity index (χ1) is 12.2. The normalized spacial score (nSPS) is 14.8. The van der Waals surface area contributed by atoms with Gasteiger partial charge >= 0.3 is 0 Å². The third-order valence-electron chi connectivity index (χ3n) is 3.51. The molecule has 5 radical (unpaired) electrons. The van der Waals surface area contributed by atoms with Crippen LogP contribution in [0.2, 0.25) is 5.02 Å². The number of amides is 1. The van der Waals surface area contributed by atoms with Gasteiger partial charge in [0.1, 0.15) is 17.7 Å². The smallest absolute Gasteiger partial charge is 0.258 e. The third kappa shape index (κ3) is 3.29. The molecule has 1 N–H and O–H groups in total. The van der Waals surface area contributed by atoms with Crippen molar-refractivity contribution in [2.24, 2.45) is 0 Å². The fourth-order valence-corrected chi connectivity index (χ4v) is 3.50. The van der Waals surface area contributed by atoms with E-state index in [9.17, 15) is 4.79 Å². The highest BCUT2D eigenvalue weighted by Gasteiger charge is 2.27. The van der Waals surface area contributed by atoms with Gasteiger partial charge in [0.05, 0.1) is 16.3 Å². The molecule has 1 amide bonds. The number of thiazole rings is 1. The summed E-state index contributed by atoms with van der Waals surface area (Å²) in [4.78, 5) is 21.0. The topological polar surface area (TPSA) is 72.7 Å². The first-order valence-corrected chi connectivity index (χ1v) is 8.55. The summed E-state index contributed by atoms with van der Waals surface area (Å²) in [6, 6.07) is 6.88. The van der Waals surface area contributed by atoms with Gasteiger partial charge in [0.2, 0.25) is 0 Å². The van der Waals surface area contributed by atoms with Gasteiger partial charge in [-0.3, -0.25) is 10.1 Å².